The molecule has 0 aliphatic heterocycles. The van der Waals surface area contributed by atoms with Crippen molar-refractivity contribution in [3.05, 3.63) is 0 Å². The summed E-state index contributed by atoms with van der Waals surface area (Å²) in [6, 6.07) is 0.445. The predicted octanol–water partition coefficient (Wildman–Crippen LogP) is 2.35. The lowest BCUT2D eigenvalue weighted by Crippen LogP contribution is -2.55. The van der Waals surface area contributed by atoms with E-state index in [0.717, 1.165) is 12.8 Å². The summed E-state index contributed by atoms with van der Waals surface area (Å²) in [6.07, 6.45) is 5.82. The number of hydrogen-bond donors (Lipinski definition) is 1. The van der Waals surface area contributed by atoms with Gasteiger partial charge in [0.25, 0.3) is 0 Å². The van der Waals surface area contributed by atoms with E-state index in [1.165, 1.54) is 19.3 Å². The Hall–Kier alpha value is -0.120. The highest BCUT2D eigenvalue weighted by Gasteiger charge is 2.43. The molecule has 1 N–H and O–H groups in total. The van der Waals surface area contributed by atoms with E-state index < -0.39 is 0 Å². The van der Waals surface area contributed by atoms with Gasteiger partial charge in [-0.1, -0.05) is 0 Å². The van der Waals surface area contributed by atoms with Crippen molar-refractivity contribution in [2.45, 2.75) is 63.2 Å². The Morgan fingerprint density at radius 3 is 2.25 bits per heavy atom. The van der Waals surface area contributed by atoms with Crippen molar-refractivity contribution >= 4 is 0 Å². The quantitative estimate of drug-likeness (QED) is 0.727. The molecule has 0 amide bonds. The van der Waals surface area contributed by atoms with Crippen LogP contribution in [0.1, 0.15) is 46.0 Å². The molecule has 1 unspecified atom stereocenters. The van der Waals surface area contributed by atoms with Crippen LogP contribution in [-0.2, 0) is 9.47 Å². The highest BCUT2D eigenvalue weighted by molar-refractivity contribution is 4.99. The van der Waals surface area contributed by atoms with E-state index in [9.17, 15) is 0 Å². The molecule has 16 heavy (non-hydrogen) atoms. The third-order valence-corrected chi connectivity index (χ3v) is 4.18. The molecule has 1 aliphatic rings. The first-order valence-corrected chi connectivity index (χ1v) is 6.27. The van der Waals surface area contributed by atoms with Crippen LogP contribution in [0.2, 0.25) is 0 Å². The Balaban J connectivity index is 2.49. The van der Waals surface area contributed by atoms with Gasteiger partial charge in [0, 0.05) is 20.3 Å². The van der Waals surface area contributed by atoms with Crippen molar-refractivity contribution in [3.63, 3.8) is 0 Å². The lowest BCUT2D eigenvalue weighted by molar-refractivity contribution is -0.103. The zero-order valence-electron chi connectivity index (χ0n) is 11.4. The topological polar surface area (TPSA) is 30.5 Å². The summed E-state index contributed by atoms with van der Waals surface area (Å²) < 4.78 is 11.2. The van der Waals surface area contributed by atoms with Crippen LogP contribution in [-0.4, -0.2) is 38.5 Å². The predicted molar refractivity (Wildman–Crippen MR) is 66.8 cm³/mol. The van der Waals surface area contributed by atoms with Crippen LogP contribution in [0, 0.1) is 0 Å². The SMILES string of the molecule is CNC(CCC(C)(C)OC)C1(OC)CCC1. The van der Waals surface area contributed by atoms with E-state index in [0.29, 0.717) is 6.04 Å². The molecule has 1 saturated carbocycles. The van der Waals surface area contributed by atoms with Crippen molar-refractivity contribution in [1.82, 2.24) is 5.32 Å². The van der Waals surface area contributed by atoms with Crippen LogP contribution in [0.25, 0.3) is 0 Å². The molecular formula is C13H27NO2. The van der Waals surface area contributed by atoms with Crippen molar-refractivity contribution in [2.75, 3.05) is 21.3 Å². The van der Waals surface area contributed by atoms with Crippen molar-refractivity contribution < 1.29 is 9.47 Å². The van der Waals surface area contributed by atoms with E-state index in [2.05, 4.69) is 19.2 Å². The smallest absolute Gasteiger partial charge is 0.0830 e. The van der Waals surface area contributed by atoms with Gasteiger partial charge in [0.15, 0.2) is 0 Å². The van der Waals surface area contributed by atoms with Gasteiger partial charge in [0.05, 0.1) is 11.2 Å². The first-order chi connectivity index (χ1) is 7.49. The van der Waals surface area contributed by atoms with Crippen LogP contribution < -0.4 is 5.32 Å². The summed E-state index contributed by atoms with van der Waals surface area (Å²) >= 11 is 0. The maximum Gasteiger partial charge on any atom is 0.0830 e. The molecule has 1 rings (SSSR count). The molecule has 0 aromatic rings. The van der Waals surface area contributed by atoms with Gasteiger partial charge in [0.1, 0.15) is 0 Å². The van der Waals surface area contributed by atoms with Crippen molar-refractivity contribution in [1.29, 1.82) is 0 Å². The van der Waals surface area contributed by atoms with Gasteiger partial charge in [-0.3, -0.25) is 0 Å². The maximum absolute atomic E-state index is 5.72. The zero-order chi connectivity index (χ0) is 12.2. The molecule has 0 bridgehead atoms. The van der Waals surface area contributed by atoms with Crippen LogP contribution >= 0.6 is 0 Å². The molecule has 0 saturated heterocycles. The second-order valence-corrected chi connectivity index (χ2v) is 5.47. The first-order valence-electron chi connectivity index (χ1n) is 6.27. The van der Waals surface area contributed by atoms with Crippen LogP contribution in [0.4, 0.5) is 0 Å². The molecular weight excluding hydrogens is 202 g/mol. The third kappa shape index (κ3) is 2.96. The average molecular weight is 229 g/mol. The Morgan fingerprint density at radius 2 is 1.94 bits per heavy atom. The first kappa shape index (κ1) is 13.9. The normalized spacial score (nSPS) is 21.6. The van der Waals surface area contributed by atoms with E-state index >= 15 is 0 Å². The Morgan fingerprint density at radius 1 is 1.31 bits per heavy atom. The minimum Gasteiger partial charge on any atom is -0.379 e. The van der Waals surface area contributed by atoms with Gasteiger partial charge in [-0.25, -0.2) is 0 Å². The van der Waals surface area contributed by atoms with Gasteiger partial charge in [-0.05, 0) is 53.0 Å². The van der Waals surface area contributed by atoms with Crippen LogP contribution in [0.15, 0.2) is 0 Å². The van der Waals surface area contributed by atoms with Crippen molar-refractivity contribution in [2.24, 2.45) is 0 Å². The number of rotatable bonds is 7. The molecule has 3 nitrogen and oxygen atoms in total. The van der Waals surface area contributed by atoms with Gasteiger partial charge in [0.2, 0.25) is 0 Å². The second kappa shape index (κ2) is 5.48. The summed E-state index contributed by atoms with van der Waals surface area (Å²) in [5.74, 6) is 0. The number of nitrogens with one attached hydrogen (secondary N) is 1. The Bertz CT molecular complexity index is 206. The summed E-state index contributed by atoms with van der Waals surface area (Å²) in [4.78, 5) is 0. The highest BCUT2D eigenvalue weighted by Crippen LogP contribution is 2.40. The molecule has 0 radical (unpaired) electrons. The standard InChI is InChI=1S/C13H27NO2/c1-12(2,15-4)10-7-11(14-3)13(16-5)8-6-9-13/h11,14H,6-10H2,1-5H3. The summed E-state index contributed by atoms with van der Waals surface area (Å²) in [6.45, 7) is 4.28. The van der Waals surface area contributed by atoms with Gasteiger partial charge in [-0.2, -0.15) is 0 Å². The summed E-state index contributed by atoms with van der Waals surface area (Å²) in [5.41, 5.74) is 0.0480. The molecule has 0 spiro atoms. The van der Waals surface area contributed by atoms with Gasteiger partial charge < -0.3 is 14.8 Å². The van der Waals surface area contributed by atoms with Gasteiger partial charge >= 0.3 is 0 Å². The van der Waals surface area contributed by atoms with Crippen molar-refractivity contribution in [3.8, 4) is 0 Å². The number of hydrogen-bond acceptors (Lipinski definition) is 3. The zero-order valence-corrected chi connectivity index (χ0v) is 11.4. The van der Waals surface area contributed by atoms with Crippen LogP contribution in [0.5, 0.6) is 0 Å². The average Bonchev–Trinajstić information content (AvgIpc) is 2.21. The highest BCUT2D eigenvalue weighted by atomic mass is 16.5. The summed E-state index contributed by atoms with van der Waals surface area (Å²) in [5, 5.41) is 3.41. The molecule has 1 fully saturated rings. The fourth-order valence-corrected chi connectivity index (χ4v) is 2.48. The molecule has 0 aromatic carbocycles. The van der Waals surface area contributed by atoms with E-state index in [4.69, 9.17) is 9.47 Å². The summed E-state index contributed by atoms with van der Waals surface area (Å²) in [7, 11) is 5.65. The lowest BCUT2D eigenvalue weighted by atomic mass is 9.72. The van der Waals surface area contributed by atoms with E-state index in [1.807, 2.05) is 14.2 Å². The fraction of sp³-hybridized carbons (Fsp3) is 1.00. The van der Waals surface area contributed by atoms with Gasteiger partial charge in [-0.15, -0.1) is 0 Å². The number of ether oxygens (including phenoxy) is 2. The Labute approximate surface area is 99.9 Å². The number of likely N-dealkylation sites (N-methyl/N-ethyl adjacent to an activating group) is 1. The third-order valence-electron chi connectivity index (χ3n) is 4.18. The monoisotopic (exact) mass is 229 g/mol. The minimum atomic E-state index is -0.0339. The molecule has 1 atom stereocenters. The largest absolute Gasteiger partial charge is 0.379 e. The fourth-order valence-electron chi connectivity index (χ4n) is 2.48. The van der Waals surface area contributed by atoms with E-state index in [-0.39, 0.29) is 11.2 Å². The molecule has 0 heterocycles. The molecule has 0 aromatic heterocycles. The second-order valence-electron chi connectivity index (χ2n) is 5.47. The number of methoxy groups -OCH3 is 2. The molecule has 96 valence electrons. The maximum atomic E-state index is 5.72. The molecule has 3 heteroatoms. The van der Waals surface area contributed by atoms with Crippen LogP contribution in [0.3, 0.4) is 0 Å². The van der Waals surface area contributed by atoms with E-state index in [1.54, 1.807) is 7.11 Å². The molecule has 1 aliphatic carbocycles. The lowest BCUT2D eigenvalue weighted by Gasteiger charge is -2.47. The minimum absolute atomic E-state index is 0.0339. The Kier molecular flexibility index (Phi) is 4.77.